The molecule has 0 radical (unpaired) electrons. The molecule has 0 unspecified atom stereocenters. The van der Waals surface area contributed by atoms with Gasteiger partial charge in [-0.25, -0.2) is 4.98 Å². The number of imidazole rings is 1. The van der Waals surface area contributed by atoms with Gasteiger partial charge < -0.3 is 19.8 Å². The zero-order valence-electron chi connectivity index (χ0n) is 15.2. The average molecular weight is 362 g/mol. The molecule has 7 nitrogen and oxygen atoms in total. The maximum atomic E-state index is 12.1. The third kappa shape index (κ3) is 2.66. The summed E-state index contributed by atoms with van der Waals surface area (Å²) >= 11 is 0. The van der Waals surface area contributed by atoms with Gasteiger partial charge in [-0.2, -0.15) is 5.26 Å². The van der Waals surface area contributed by atoms with E-state index in [-0.39, 0.29) is 12.5 Å². The number of nitriles is 1. The van der Waals surface area contributed by atoms with Gasteiger partial charge in [-0.05, 0) is 43.7 Å². The second kappa shape index (κ2) is 6.02. The molecule has 0 aliphatic carbocycles. The summed E-state index contributed by atoms with van der Waals surface area (Å²) < 4.78 is 10.8. The molecule has 1 aromatic heterocycles. The van der Waals surface area contributed by atoms with Crippen molar-refractivity contribution < 1.29 is 14.3 Å². The van der Waals surface area contributed by atoms with Gasteiger partial charge in [-0.3, -0.25) is 4.79 Å². The van der Waals surface area contributed by atoms with E-state index >= 15 is 0 Å². The Morgan fingerprint density at radius 1 is 1.26 bits per heavy atom. The molecule has 2 heterocycles. The number of methoxy groups -OCH3 is 1. The van der Waals surface area contributed by atoms with E-state index in [0.29, 0.717) is 17.3 Å². The number of carbonyl (C=O) groups is 1. The van der Waals surface area contributed by atoms with E-state index in [1.54, 1.807) is 19.2 Å². The average Bonchev–Trinajstić information content (AvgIpc) is 3.16. The van der Waals surface area contributed by atoms with Crippen LogP contribution in [0.25, 0.3) is 22.4 Å². The summed E-state index contributed by atoms with van der Waals surface area (Å²) in [4.78, 5) is 20.1. The topological polar surface area (TPSA) is 100 Å². The van der Waals surface area contributed by atoms with Gasteiger partial charge in [0.1, 0.15) is 23.4 Å². The van der Waals surface area contributed by atoms with Crippen molar-refractivity contribution in [3.05, 3.63) is 35.9 Å². The van der Waals surface area contributed by atoms with Crippen molar-refractivity contribution in [2.75, 3.05) is 19.0 Å². The van der Waals surface area contributed by atoms with Crippen molar-refractivity contribution in [1.29, 1.82) is 5.26 Å². The highest BCUT2D eigenvalue weighted by atomic mass is 16.5. The Bertz CT molecular complexity index is 1110. The van der Waals surface area contributed by atoms with Crippen LogP contribution in [0.5, 0.6) is 11.5 Å². The van der Waals surface area contributed by atoms with E-state index in [0.717, 1.165) is 27.8 Å². The number of H-pyrrole nitrogens is 1. The standard InChI is InChI=1S/C20H18N4O3/c1-20(2)13-9-15-16(10-14(13)24-19(20)25)23-18(22-15)12-5-4-11(27-7-6-21)8-17(12)26-3/h4-5,8-10H,7H2,1-3H3,(H,22,23)(H,24,25). The quantitative estimate of drug-likeness (QED) is 0.741. The molecule has 27 heavy (non-hydrogen) atoms. The smallest absolute Gasteiger partial charge is 0.234 e. The number of hydrogen-bond donors (Lipinski definition) is 2. The van der Waals surface area contributed by atoms with Gasteiger partial charge in [0.25, 0.3) is 0 Å². The summed E-state index contributed by atoms with van der Waals surface area (Å²) in [5.74, 6) is 1.78. The molecule has 0 bridgehead atoms. The summed E-state index contributed by atoms with van der Waals surface area (Å²) in [6.45, 7) is 3.77. The Labute approximate surface area is 155 Å². The number of amides is 1. The number of benzene rings is 2. The second-order valence-corrected chi connectivity index (χ2v) is 6.89. The van der Waals surface area contributed by atoms with Gasteiger partial charge >= 0.3 is 0 Å². The maximum Gasteiger partial charge on any atom is 0.234 e. The first-order valence-electron chi connectivity index (χ1n) is 8.48. The van der Waals surface area contributed by atoms with E-state index < -0.39 is 5.41 Å². The van der Waals surface area contributed by atoms with Gasteiger partial charge in [-0.15, -0.1) is 0 Å². The van der Waals surface area contributed by atoms with Crippen LogP contribution < -0.4 is 14.8 Å². The number of fused-ring (bicyclic) bond motifs is 2. The third-order valence-corrected chi connectivity index (χ3v) is 4.84. The molecule has 0 saturated heterocycles. The molecule has 0 atom stereocenters. The number of rotatable bonds is 4. The Kier molecular flexibility index (Phi) is 3.77. The third-order valence-electron chi connectivity index (χ3n) is 4.84. The molecule has 2 N–H and O–H groups in total. The van der Waals surface area contributed by atoms with Crippen LogP contribution in [-0.2, 0) is 10.2 Å². The zero-order valence-corrected chi connectivity index (χ0v) is 15.2. The molecule has 2 aromatic carbocycles. The Balaban J connectivity index is 1.78. The molecule has 136 valence electrons. The number of nitrogens with one attached hydrogen (secondary N) is 2. The van der Waals surface area contributed by atoms with Crippen LogP contribution in [0.4, 0.5) is 5.69 Å². The van der Waals surface area contributed by atoms with Crippen LogP contribution in [0.1, 0.15) is 19.4 Å². The predicted molar refractivity (Wildman–Crippen MR) is 101 cm³/mol. The normalized spacial score (nSPS) is 14.5. The summed E-state index contributed by atoms with van der Waals surface area (Å²) in [7, 11) is 1.57. The minimum Gasteiger partial charge on any atom is -0.496 e. The molecule has 1 aliphatic rings. The molecular formula is C20H18N4O3. The van der Waals surface area contributed by atoms with E-state index in [1.807, 2.05) is 38.1 Å². The summed E-state index contributed by atoms with van der Waals surface area (Å²) in [6, 6.07) is 11.1. The first-order chi connectivity index (χ1) is 12.9. The van der Waals surface area contributed by atoms with Gasteiger partial charge in [0.15, 0.2) is 6.61 Å². The molecule has 7 heteroatoms. The van der Waals surface area contributed by atoms with Crippen molar-refractivity contribution in [2.45, 2.75) is 19.3 Å². The monoisotopic (exact) mass is 362 g/mol. The number of carbonyl (C=O) groups excluding carboxylic acids is 1. The lowest BCUT2D eigenvalue weighted by atomic mass is 9.86. The summed E-state index contributed by atoms with van der Waals surface area (Å²) in [5.41, 5.74) is 3.54. The number of nitrogens with zero attached hydrogens (tertiary/aromatic N) is 2. The minimum atomic E-state index is -0.583. The van der Waals surface area contributed by atoms with Crippen LogP contribution in [0, 0.1) is 11.3 Å². The van der Waals surface area contributed by atoms with E-state index in [4.69, 9.17) is 14.7 Å². The second-order valence-electron chi connectivity index (χ2n) is 6.89. The largest absolute Gasteiger partial charge is 0.496 e. The Morgan fingerprint density at radius 3 is 2.81 bits per heavy atom. The van der Waals surface area contributed by atoms with Gasteiger partial charge in [0.05, 0.1) is 29.1 Å². The van der Waals surface area contributed by atoms with Crippen molar-refractivity contribution >= 4 is 22.6 Å². The van der Waals surface area contributed by atoms with Crippen LogP contribution in [-0.4, -0.2) is 29.6 Å². The molecule has 4 rings (SSSR count). The predicted octanol–water partition coefficient (Wildman–Crippen LogP) is 3.37. The lowest BCUT2D eigenvalue weighted by Gasteiger charge is -2.14. The number of anilines is 1. The van der Waals surface area contributed by atoms with Crippen molar-refractivity contribution in [3.63, 3.8) is 0 Å². The molecule has 1 amide bonds. The SMILES string of the molecule is COc1cc(OCC#N)ccc1-c1nc2cc3c(cc2[nH]1)NC(=O)C3(C)C. The first kappa shape index (κ1) is 16.9. The highest BCUT2D eigenvalue weighted by molar-refractivity contribution is 6.07. The fourth-order valence-corrected chi connectivity index (χ4v) is 3.28. The first-order valence-corrected chi connectivity index (χ1v) is 8.48. The zero-order chi connectivity index (χ0) is 19.2. The van der Waals surface area contributed by atoms with Gasteiger partial charge in [-0.1, -0.05) is 0 Å². The minimum absolute atomic E-state index is 0.0139. The highest BCUT2D eigenvalue weighted by Crippen LogP contribution is 2.40. The number of aromatic nitrogens is 2. The molecule has 0 fully saturated rings. The number of aromatic amines is 1. The van der Waals surface area contributed by atoms with Crippen LogP contribution >= 0.6 is 0 Å². The van der Waals surface area contributed by atoms with E-state index in [2.05, 4.69) is 15.3 Å². The van der Waals surface area contributed by atoms with Crippen LogP contribution in [0.2, 0.25) is 0 Å². The van der Waals surface area contributed by atoms with Crippen molar-refractivity contribution in [1.82, 2.24) is 9.97 Å². The van der Waals surface area contributed by atoms with Crippen molar-refractivity contribution in [2.24, 2.45) is 0 Å². The molecule has 0 saturated carbocycles. The fourth-order valence-electron chi connectivity index (χ4n) is 3.28. The Hall–Kier alpha value is -3.53. The number of hydrogen-bond acceptors (Lipinski definition) is 5. The molecule has 0 spiro atoms. The molecule has 1 aliphatic heterocycles. The Morgan fingerprint density at radius 2 is 2.07 bits per heavy atom. The van der Waals surface area contributed by atoms with E-state index in [1.165, 1.54) is 0 Å². The lowest BCUT2D eigenvalue weighted by molar-refractivity contribution is -0.119. The van der Waals surface area contributed by atoms with Crippen molar-refractivity contribution in [3.8, 4) is 29.0 Å². The summed E-state index contributed by atoms with van der Waals surface area (Å²) in [5, 5.41) is 11.6. The van der Waals surface area contributed by atoms with Crippen LogP contribution in [0.3, 0.4) is 0 Å². The molecular weight excluding hydrogens is 344 g/mol. The van der Waals surface area contributed by atoms with Gasteiger partial charge in [0.2, 0.25) is 5.91 Å². The van der Waals surface area contributed by atoms with Gasteiger partial charge in [0, 0.05) is 11.8 Å². The van der Waals surface area contributed by atoms with Crippen LogP contribution in [0.15, 0.2) is 30.3 Å². The van der Waals surface area contributed by atoms with E-state index in [9.17, 15) is 4.79 Å². The summed E-state index contributed by atoms with van der Waals surface area (Å²) in [6.07, 6.45) is 0. The highest BCUT2D eigenvalue weighted by Gasteiger charge is 2.38. The maximum absolute atomic E-state index is 12.1. The lowest BCUT2D eigenvalue weighted by Crippen LogP contribution is -2.26. The number of ether oxygens (including phenoxy) is 2. The molecule has 3 aromatic rings. The fraction of sp³-hybridized carbons (Fsp3) is 0.250.